The summed E-state index contributed by atoms with van der Waals surface area (Å²) in [4.78, 5) is 10.1. The van der Waals surface area contributed by atoms with Gasteiger partial charge in [-0.15, -0.1) is 0 Å². The van der Waals surface area contributed by atoms with E-state index >= 15 is 0 Å². The first kappa shape index (κ1) is 8.56. The molecule has 0 saturated heterocycles. The fourth-order valence-electron chi connectivity index (χ4n) is 0.296. The maximum atomic E-state index is 10.1. The van der Waals surface area contributed by atoms with E-state index in [-0.39, 0.29) is 0 Å². The number of rotatable bonds is 3. The molecule has 0 aromatic carbocycles. The first-order chi connectivity index (χ1) is 4.18. The predicted molar refractivity (Wildman–Crippen MR) is 39.8 cm³/mol. The third kappa shape index (κ3) is 4.09. The fourth-order valence-corrected chi connectivity index (χ4v) is 0.712. The van der Waals surface area contributed by atoms with Crippen LogP contribution in [-0.2, 0) is 4.79 Å². The smallest absolute Gasteiger partial charge is 0.330 e. The topological polar surface area (TPSA) is 37.3 Å². The van der Waals surface area contributed by atoms with Gasteiger partial charge in [0.1, 0.15) is 0 Å². The Hall–Kier alpha value is -0.440. The lowest BCUT2D eigenvalue weighted by Gasteiger charge is -1.89. The zero-order chi connectivity index (χ0) is 7.28. The number of thioether (sulfide) groups is 1. The Labute approximate surface area is 59.0 Å². The number of hydrogen-bond acceptors (Lipinski definition) is 2. The molecule has 0 fully saturated rings. The molecule has 0 spiro atoms. The van der Waals surface area contributed by atoms with Gasteiger partial charge in [0, 0.05) is 11.3 Å². The molecule has 0 atom stereocenters. The molecule has 0 unspecified atom stereocenters. The summed E-state index contributed by atoms with van der Waals surface area (Å²) in [5, 5.41) is 8.33. The first-order valence-corrected chi connectivity index (χ1v) is 3.97. The van der Waals surface area contributed by atoms with Crippen LogP contribution in [0.2, 0.25) is 0 Å². The summed E-state index contributed by atoms with van der Waals surface area (Å²) in [6, 6.07) is 0. The Morgan fingerprint density at radius 1 is 1.78 bits per heavy atom. The maximum absolute atomic E-state index is 10.1. The number of carboxylic acid groups (broad SMARTS) is 1. The van der Waals surface area contributed by atoms with Crippen molar-refractivity contribution in [3.05, 3.63) is 11.6 Å². The molecule has 1 N–H and O–H groups in total. The van der Waals surface area contributed by atoms with E-state index in [1.165, 1.54) is 0 Å². The van der Waals surface area contributed by atoms with Crippen LogP contribution in [0.25, 0.3) is 0 Å². The normalized spacial score (nSPS) is 11.6. The number of hydrogen-bond donors (Lipinski definition) is 1. The van der Waals surface area contributed by atoms with Crippen molar-refractivity contribution in [2.75, 3.05) is 12.0 Å². The highest BCUT2D eigenvalue weighted by molar-refractivity contribution is 7.98. The van der Waals surface area contributed by atoms with Gasteiger partial charge in [-0.1, -0.05) is 6.08 Å². The minimum atomic E-state index is -0.830. The molecule has 52 valence electrons. The third-order valence-electron chi connectivity index (χ3n) is 0.894. The average molecular weight is 146 g/mol. The van der Waals surface area contributed by atoms with Crippen molar-refractivity contribution in [3.8, 4) is 0 Å². The van der Waals surface area contributed by atoms with Crippen molar-refractivity contribution in [1.82, 2.24) is 0 Å². The highest BCUT2D eigenvalue weighted by Crippen LogP contribution is 1.97. The number of carbonyl (C=O) groups is 1. The van der Waals surface area contributed by atoms with Gasteiger partial charge in [0.2, 0.25) is 0 Å². The molecular weight excluding hydrogens is 136 g/mol. The Morgan fingerprint density at radius 3 is 2.67 bits per heavy atom. The Balaban J connectivity index is 3.69. The zero-order valence-electron chi connectivity index (χ0n) is 5.55. The quantitative estimate of drug-likeness (QED) is 0.611. The van der Waals surface area contributed by atoms with Crippen molar-refractivity contribution in [2.24, 2.45) is 0 Å². The summed E-state index contributed by atoms with van der Waals surface area (Å²) in [5.41, 5.74) is 0.421. The molecule has 2 nitrogen and oxygen atoms in total. The Kier molecular flexibility index (Phi) is 4.22. The highest BCUT2D eigenvalue weighted by atomic mass is 32.2. The van der Waals surface area contributed by atoms with Crippen LogP contribution in [-0.4, -0.2) is 23.1 Å². The van der Waals surface area contributed by atoms with Gasteiger partial charge in [0.15, 0.2) is 0 Å². The monoisotopic (exact) mass is 146 g/mol. The lowest BCUT2D eigenvalue weighted by atomic mass is 10.3. The molecule has 0 aliphatic heterocycles. The lowest BCUT2D eigenvalue weighted by molar-refractivity contribution is -0.132. The van der Waals surface area contributed by atoms with E-state index in [4.69, 9.17) is 5.11 Å². The molecule has 3 heteroatoms. The van der Waals surface area contributed by atoms with Crippen LogP contribution in [0.4, 0.5) is 0 Å². The van der Waals surface area contributed by atoms with Crippen LogP contribution in [0.15, 0.2) is 11.6 Å². The Bertz CT molecular complexity index is 129. The van der Waals surface area contributed by atoms with Crippen LogP contribution in [0.1, 0.15) is 6.92 Å². The van der Waals surface area contributed by atoms with Crippen LogP contribution >= 0.6 is 11.8 Å². The molecule has 0 radical (unpaired) electrons. The van der Waals surface area contributed by atoms with Crippen LogP contribution in [0.5, 0.6) is 0 Å². The largest absolute Gasteiger partial charge is 0.478 e. The van der Waals surface area contributed by atoms with Gasteiger partial charge in [-0.25, -0.2) is 4.79 Å². The van der Waals surface area contributed by atoms with E-state index in [0.29, 0.717) is 5.57 Å². The SMILES string of the molecule is CSCC=C(C)C(=O)O. The van der Waals surface area contributed by atoms with Crippen molar-refractivity contribution >= 4 is 17.7 Å². The summed E-state index contributed by atoms with van der Waals surface area (Å²) >= 11 is 1.61. The summed E-state index contributed by atoms with van der Waals surface area (Å²) < 4.78 is 0. The minimum absolute atomic E-state index is 0.421. The van der Waals surface area contributed by atoms with Gasteiger partial charge in [-0.2, -0.15) is 11.8 Å². The van der Waals surface area contributed by atoms with Gasteiger partial charge in [-0.3, -0.25) is 0 Å². The molecule has 0 aliphatic carbocycles. The van der Waals surface area contributed by atoms with E-state index in [1.54, 1.807) is 24.8 Å². The molecule has 0 aliphatic rings. The fraction of sp³-hybridized carbons (Fsp3) is 0.500. The van der Waals surface area contributed by atoms with Gasteiger partial charge >= 0.3 is 5.97 Å². The van der Waals surface area contributed by atoms with Crippen molar-refractivity contribution < 1.29 is 9.90 Å². The van der Waals surface area contributed by atoms with Gasteiger partial charge in [-0.05, 0) is 13.2 Å². The summed E-state index contributed by atoms with van der Waals surface area (Å²) in [5.74, 6) is -0.0537. The molecule has 0 aromatic rings. The summed E-state index contributed by atoms with van der Waals surface area (Å²) in [6.45, 7) is 1.60. The van der Waals surface area contributed by atoms with E-state index < -0.39 is 5.97 Å². The maximum Gasteiger partial charge on any atom is 0.330 e. The van der Waals surface area contributed by atoms with Gasteiger partial charge < -0.3 is 5.11 Å². The summed E-state index contributed by atoms with van der Waals surface area (Å²) in [6.07, 6.45) is 3.64. The molecule has 0 heterocycles. The van der Waals surface area contributed by atoms with Crippen molar-refractivity contribution in [1.29, 1.82) is 0 Å². The number of carboxylic acids is 1. The predicted octanol–water partition coefficient (Wildman–Crippen LogP) is 1.38. The first-order valence-electron chi connectivity index (χ1n) is 2.57. The standard InChI is InChI=1S/C6H10O2S/c1-5(6(7)8)3-4-9-2/h3H,4H2,1-2H3,(H,7,8). The average Bonchev–Trinajstić information content (AvgIpc) is 1.82. The molecule has 0 saturated carbocycles. The van der Waals surface area contributed by atoms with Crippen molar-refractivity contribution in [2.45, 2.75) is 6.92 Å². The van der Waals surface area contributed by atoms with Crippen LogP contribution in [0.3, 0.4) is 0 Å². The Morgan fingerprint density at radius 2 is 2.33 bits per heavy atom. The van der Waals surface area contributed by atoms with E-state index in [2.05, 4.69) is 0 Å². The lowest BCUT2D eigenvalue weighted by Crippen LogP contribution is -1.95. The molecule has 0 aromatic heterocycles. The molecule has 0 rings (SSSR count). The van der Waals surface area contributed by atoms with E-state index in [1.807, 2.05) is 6.26 Å². The molecule has 0 bridgehead atoms. The van der Waals surface area contributed by atoms with Crippen LogP contribution in [0, 0.1) is 0 Å². The third-order valence-corrected chi connectivity index (χ3v) is 1.39. The highest BCUT2D eigenvalue weighted by Gasteiger charge is 1.96. The molecular formula is C6H10O2S. The second-order valence-corrected chi connectivity index (χ2v) is 2.56. The number of aliphatic carboxylic acids is 1. The second-order valence-electron chi connectivity index (χ2n) is 1.65. The minimum Gasteiger partial charge on any atom is -0.478 e. The van der Waals surface area contributed by atoms with Gasteiger partial charge in [0.25, 0.3) is 0 Å². The van der Waals surface area contributed by atoms with Gasteiger partial charge in [0.05, 0.1) is 0 Å². The molecule has 9 heavy (non-hydrogen) atoms. The second kappa shape index (κ2) is 4.44. The zero-order valence-corrected chi connectivity index (χ0v) is 6.36. The van der Waals surface area contributed by atoms with Crippen LogP contribution < -0.4 is 0 Å². The van der Waals surface area contributed by atoms with E-state index in [9.17, 15) is 4.79 Å². The summed E-state index contributed by atoms with van der Waals surface area (Å²) in [7, 11) is 0. The van der Waals surface area contributed by atoms with Crippen molar-refractivity contribution in [3.63, 3.8) is 0 Å². The van der Waals surface area contributed by atoms with E-state index in [0.717, 1.165) is 5.75 Å². The molecule has 0 amide bonds.